The number of amides is 2. The number of carbonyl (C=O) groups excluding carboxylic acids is 2. The smallest absolute Gasteiger partial charge is 0.351 e. The molecule has 1 saturated carbocycles. The molecule has 2 aliphatic rings. The van der Waals surface area contributed by atoms with E-state index in [1.807, 2.05) is 5.10 Å². The number of aromatic amines is 1. The van der Waals surface area contributed by atoms with Gasteiger partial charge in [0.05, 0.1) is 16.9 Å². The monoisotopic (exact) mass is 561 g/mol. The highest BCUT2D eigenvalue weighted by Crippen LogP contribution is 2.35. The molecule has 212 valence electrons. The number of anilines is 2. The Hall–Kier alpha value is -3.69. The lowest BCUT2D eigenvalue weighted by Gasteiger charge is -2.41. The van der Waals surface area contributed by atoms with Crippen LogP contribution >= 0.6 is 0 Å². The maximum absolute atomic E-state index is 13.1. The van der Waals surface area contributed by atoms with Gasteiger partial charge >= 0.3 is 12.4 Å². The lowest BCUT2D eigenvalue weighted by molar-refractivity contribution is -0.140. The molecule has 0 atom stereocenters. The minimum atomic E-state index is -4.79. The molecule has 0 spiro atoms. The summed E-state index contributed by atoms with van der Waals surface area (Å²) < 4.78 is 78.0. The van der Waals surface area contributed by atoms with Gasteiger partial charge in [-0.25, -0.2) is 10.1 Å². The number of alkyl halides is 6. The second kappa shape index (κ2) is 10.8. The Bertz CT molecular complexity index is 1280. The quantitative estimate of drug-likeness (QED) is 0.463. The largest absolute Gasteiger partial charge is 0.421 e. The molecule has 2 amide bonds. The molecule has 1 aliphatic heterocycles. The van der Waals surface area contributed by atoms with Crippen molar-refractivity contribution in [3.8, 4) is 0 Å². The van der Waals surface area contributed by atoms with Gasteiger partial charge < -0.3 is 20.4 Å². The number of aromatic nitrogens is 3. The number of pyridine rings is 1. The Morgan fingerprint density at radius 2 is 1.72 bits per heavy atom. The number of piperazine rings is 1. The average molecular weight is 561 g/mol. The minimum Gasteiger partial charge on any atom is -0.351 e. The zero-order valence-electron chi connectivity index (χ0n) is 20.6. The predicted molar refractivity (Wildman–Crippen MR) is 126 cm³/mol. The second-order valence-electron chi connectivity index (χ2n) is 9.43. The predicted octanol–water partition coefficient (Wildman–Crippen LogP) is 2.38. The zero-order valence-corrected chi connectivity index (χ0v) is 20.6. The van der Waals surface area contributed by atoms with Crippen LogP contribution in [-0.4, -0.2) is 64.1 Å². The number of H-pyrrole nitrogens is 1. The molecule has 0 radical (unpaired) electrons. The molecule has 0 unspecified atom stereocenters. The first kappa shape index (κ1) is 28.3. The molecule has 4 rings (SSSR count). The lowest BCUT2D eigenvalue weighted by atomic mass is 9.79. The zero-order chi connectivity index (χ0) is 28.5. The molecule has 3 heterocycles. The van der Waals surface area contributed by atoms with Crippen LogP contribution in [0.25, 0.3) is 0 Å². The van der Waals surface area contributed by atoms with Gasteiger partial charge in [-0.05, 0) is 25.0 Å². The van der Waals surface area contributed by atoms with Gasteiger partial charge in [0.15, 0.2) is 5.82 Å². The van der Waals surface area contributed by atoms with Gasteiger partial charge in [0, 0.05) is 57.8 Å². The molecule has 39 heavy (non-hydrogen) atoms. The number of carbonyl (C=O) groups is 2. The fourth-order valence-corrected chi connectivity index (χ4v) is 4.53. The first-order valence-electron chi connectivity index (χ1n) is 12.0. The van der Waals surface area contributed by atoms with E-state index < -0.39 is 34.9 Å². The summed E-state index contributed by atoms with van der Waals surface area (Å²) in [5.74, 6) is -0.724. The van der Waals surface area contributed by atoms with Gasteiger partial charge in [-0.2, -0.15) is 31.4 Å². The molecule has 16 heteroatoms. The van der Waals surface area contributed by atoms with Gasteiger partial charge in [-0.1, -0.05) is 0 Å². The van der Waals surface area contributed by atoms with Crippen LogP contribution in [0.1, 0.15) is 36.6 Å². The van der Waals surface area contributed by atoms with Crippen LogP contribution in [0, 0.1) is 5.92 Å². The first-order valence-corrected chi connectivity index (χ1v) is 12.0. The Morgan fingerprint density at radius 1 is 1.05 bits per heavy atom. The van der Waals surface area contributed by atoms with Crippen molar-refractivity contribution >= 4 is 23.3 Å². The Morgan fingerprint density at radius 3 is 2.31 bits per heavy atom. The molecule has 0 bridgehead atoms. The molecular formula is C23H25F6N7O3. The van der Waals surface area contributed by atoms with E-state index in [-0.39, 0.29) is 41.6 Å². The van der Waals surface area contributed by atoms with Crippen LogP contribution in [0.4, 0.5) is 37.8 Å². The van der Waals surface area contributed by atoms with E-state index in [1.54, 1.807) is 9.80 Å². The maximum Gasteiger partial charge on any atom is 0.421 e. The topological polar surface area (TPSA) is 123 Å². The van der Waals surface area contributed by atoms with Crippen molar-refractivity contribution < 1.29 is 35.9 Å². The normalized spacial score (nSPS) is 20.0. The van der Waals surface area contributed by atoms with Gasteiger partial charge in [0.1, 0.15) is 5.56 Å². The summed E-state index contributed by atoms with van der Waals surface area (Å²) in [6, 6.07) is 1.41. The standard InChI is InChI=1S/C23H25F6N7O3/c1-12(37)32-18-8-14(22(24,25)26)10-31-19(18)35-2-4-36(5-3-35)21(39)13-6-15(7-13)30-11-16-9-17(23(27,28)29)20(38)34-33-16/h8-10,13,15,30H,2-7,11H2,1H3,(H,32,37)(H,34,38). The van der Waals surface area contributed by atoms with Crippen molar-refractivity contribution in [3.63, 3.8) is 0 Å². The van der Waals surface area contributed by atoms with Crippen molar-refractivity contribution in [2.45, 2.75) is 44.7 Å². The van der Waals surface area contributed by atoms with Crippen LogP contribution < -0.4 is 21.1 Å². The molecular weight excluding hydrogens is 536 g/mol. The summed E-state index contributed by atoms with van der Waals surface area (Å²) in [6.07, 6.45) is -7.77. The van der Waals surface area contributed by atoms with Crippen LogP contribution in [0.2, 0.25) is 0 Å². The number of nitrogens with zero attached hydrogens (tertiary/aromatic N) is 4. The van der Waals surface area contributed by atoms with E-state index in [0.717, 1.165) is 6.07 Å². The molecule has 1 aliphatic carbocycles. The van der Waals surface area contributed by atoms with E-state index in [1.165, 1.54) is 6.92 Å². The van der Waals surface area contributed by atoms with E-state index in [4.69, 9.17) is 0 Å². The van der Waals surface area contributed by atoms with Gasteiger partial charge in [0.2, 0.25) is 11.8 Å². The van der Waals surface area contributed by atoms with Crippen molar-refractivity contribution in [3.05, 3.63) is 45.5 Å². The number of halogens is 6. The molecule has 2 aromatic rings. The third-order valence-electron chi connectivity index (χ3n) is 6.62. The molecule has 10 nitrogen and oxygen atoms in total. The minimum absolute atomic E-state index is 0.0130. The number of rotatable bonds is 6. The number of hydrogen-bond acceptors (Lipinski definition) is 7. The first-order chi connectivity index (χ1) is 18.2. The van der Waals surface area contributed by atoms with Crippen molar-refractivity contribution in [1.29, 1.82) is 0 Å². The fraction of sp³-hybridized carbons (Fsp3) is 0.522. The third kappa shape index (κ3) is 6.66. The van der Waals surface area contributed by atoms with Gasteiger partial charge in [-0.15, -0.1) is 0 Å². The Labute approximate surface area is 217 Å². The van der Waals surface area contributed by atoms with E-state index in [2.05, 4.69) is 20.7 Å². The van der Waals surface area contributed by atoms with Crippen molar-refractivity contribution in [2.24, 2.45) is 5.92 Å². The molecule has 3 N–H and O–H groups in total. The van der Waals surface area contributed by atoms with E-state index >= 15 is 0 Å². The highest BCUT2D eigenvalue weighted by atomic mass is 19.4. The highest BCUT2D eigenvalue weighted by Gasteiger charge is 2.39. The van der Waals surface area contributed by atoms with Crippen molar-refractivity contribution in [1.82, 2.24) is 25.4 Å². The lowest BCUT2D eigenvalue weighted by Crippen LogP contribution is -2.54. The highest BCUT2D eigenvalue weighted by molar-refractivity contribution is 5.92. The summed E-state index contributed by atoms with van der Waals surface area (Å²) in [7, 11) is 0. The van der Waals surface area contributed by atoms with E-state index in [0.29, 0.717) is 51.3 Å². The third-order valence-corrected chi connectivity index (χ3v) is 6.62. The second-order valence-corrected chi connectivity index (χ2v) is 9.43. The average Bonchev–Trinajstić information content (AvgIpc) is 2.82. The Balaban J connectivity index is 1.28. The maximum atomic E-state index is 13.1. The summed E-state index contributed by atoms with van der Waals surface area (Å²) in [4.78, 5) is 43.1. The van der Waals surface area contributed by atoms with Crippen LogP contribution in [-0.2, 0) is 28.5 Å². The van der Waals surface area contributed by atoms with Crippen molar-refractivity contribution in [2.75, 3.05) is 36.4 Å². The molecule has 1 saturated heterocycles. The Kier molecular flexibility index (Phi) is 7.86. The van der Waals surface area contributed by atoms with Crippen LogP contribution in [0.15, 0.2) is 23.1 Å². The van der Waals surface area contributed by atoms with Crippen LogP contribution in [0.3, 0.4) is 0 Å². The SMILES string of the molecule is CC(=O)Nc1cc(C(F)(F)F)cnc1N1CCN(C(=O)C2CC(NCc3cc(C(F)(F)F)c(=O)[nH]n3)C2)CC1. The molecule has 0 aromatic carbocycles. The fourth-order valence-electron chi connectivity index (χ4n) is 4.53. The summed E-state index contributed by atoms with van der Waals surface area (Å²) in [5, 5.41) is 10.9. The number of nitrogens with one attached hydrogen (secondary N) is 3. The van der Waals surface area contributed by atoms with Crippen LogP contribution in [0.5, 0.6) is 0 Å². The number of hydrogen-bond donors (Lipinski definition) is 3. The van der Waals surface area contributed by atoms with Gasteiger partial charge in [-0.3, -0.25) is 14.4 Å². The molecule has 2 aromatic heterocycles. The summed E-state index contributed by atoms with van der Waals surface area (Å²) in [5.41, 5.74) is -3.69. The summed E-state index contributed by atoms with van der Waals surface area (Å²) in [6.45, 7) is 2.36. The van der Waals surface area contributed by atoms with E-state index in [9.17, 15) is 40.7 Å². The van der Waals surface area contributed by atoms with Gasteiger partial charge in [0.25, 0.3) is 5.56 Å². The molecule has 2 fully saturated rings. The summed E-state index contributed by atoms with van der Waals surface area (Å²) >= 11 is 0.